The molecule has 1 aromatic rings. The number of hydrogen-bond donors (Lipinski definition) is 1. The van der Waals surface area contributed by atoms with Crippen LogP contribution in [0, 0.1) is 0 Å². The van der Waals surface area contributed by atoms with Crippen molar-refractivity contribution >= 4 is 0 Å². The third kappa shape index (κ3) is 2.38. The molecule has 1 N–H and O–H groups in total. The molecule has 0 spiro atoms. The molecule has 14 heavy (non-hydrogen) atoms. The van der Waals surface area contributed by atoms with Crippen molar-refractivity contribution in [2.45, 2.75) is 32.6 Å². The molecule has 1 atom stereocenters. The van der Waals surface area contributed by atoms with Gasteiger partial charge in [-0.05, 0) is 36.0 Å². The Balaban J connectivity index is 3.01. The zero-order valence-electron chi connectivity index (χ0n) is 8.96. The van der Waals surface area contributed by atoms with E-state index < -0.39 is 0 Å². The van der Waals surface area contributed by atoms with Crippen LogP contribution in [0.3, 0.4) is 0 Å². The van der Waals surface area contributed by atoms with E-state index >= 15 is 0 Å². The first-order valence-corrected chi connectivity index (χ1v) is 5.11. The molecule has 0 saturated carbocycles. The summed E-state index contributed by atoms with van der Waals surface area (Å²) in [6.07, 6.45) is 3.79. The molecule has 1 aromatic carbocycles. The van der Waals surface area contributed by atoms with Crippen LogP contribution in [0.1, 0.15) is 37.3 Å². The number of hydrogen-bond acceptors (Lipinski definition) is 1. The summed E-state index contributed by atoms with van der Waals surface area (Å²) in [5.41, 5.74) is 2.26. The lowest BCUT2D eigenvalue weighted by Crippen LogP contribution is -1.93. The Labute approximate surface area is 86.1 Å². The number of rotatable bonds is 4. The Morgan fingerprint density at radius 3 is 2.79 bits per heavy atom. The van der Waals surface area contributed by atoms with Gasteiger partial charge in [-0.15, -0.1) is 6.58 Å². The van der Waals surface area contributed by atoms with Crippen LogP contribution in [0.4, 0.5) is 0 Å². The lowest BCUT2D eigenvalue weighted by Gasteiger charge is -2.12. The maximum Gasteiger partial charge on any atom is 0.119 e. The van der Waals surface area contributed by atoms with Gasteiger partial charge in [-0.25, -0.2) is 0 Å². The highest BCUT2D eigenvalue weighted by Gasteiger charge is 2.08. The molecule has 76 valence electrons. The highest BCUT2D eigenvalue weighted by molar-refractivity contribution is 5.38. The van der Waals surface area contributed by atoms with Gasteiger partial charge in [0.25, 0.3) is 0 Å². The predicted octanol–water partition coefficient (Wildman–Crippen LogP) is 3.63. The zero-order chi connectivity index (χ0) is 10.6. The van der Waals surface area contributed by atoms with Crippen molar-refractivity contribution in [3.63, 3.8) is 0 Å². The maximum atomic E-state index is 9.68. The molecular formula is C13H18O. The van der Waals surface area contributed by atoms with E-state index in [1.807, 2.05) is 12.1 Å². The Hall–Kier alpha value is -1.24. The topological polar surface area (TPSA) is 20.2 Å². The minimum atomic E-state index is 0.409. The van der Waals surface area contributed by atoms with E-state index in [9.17, 15) is 5.11 Å². The van der Waals surface area contributed by atoms with E-state index in [-0.39, 0.29) is 0 Å². The lowest BCUT2D eigenvalue weighted by molar-refractivity contribution is 0.461. The van der Waals surface area contributed by atoms with Crippen LogP contribution in [-0.2, 0) is 6.42 Å². The first-order valence-electron chi connectivity index (χ1n) is 5.11. The molecule has 1 rings (SSSR count). The first-order chi connectivity index (χ1) is 6.69. The largest absolute Gasteiger partial charge is 0.508 e. The molecule has 0 radical (unpaired) electrons. The summed E-state index contributed by atoms with van der Waals surface area (Å²) < 4.78 is 0. The second-order valence-corrected chi connectivity index (χ2v) is 3.70. The fourth-order valence-corrected chi connectivity index (χ4v) is 1.51. The number of phenols is 1. The van der Waals surface area contributed by atoms with Gasteiger partial charge in [0.2, 0.25) is 0 Å². The molecule has 1 heteroatoms. The van der Waals surface area contributed by atoms with Crippen molar-refractivity contribution in [2.24, 2.45) is 0 Å². The van der Waals surface area contributed by atoms with Crippen molar-refractivity contribution < 1.29 is 5.11 Å². The van der Waals surface area contributed by atoms with Crippen LogP contribution in [0.5, 0.6) is 5.75 Å². The average molecular weight is 190 g/mol. The van der Waals surface area contributed by atoms with Gasteiger partial charge in [-0.3, -0.25) is 0 Å². The Kier molecular flexibility index (Phi) is 3.75. The Morgan fingerprint density at radius 1 is 1.50 bits per heavy atom. The van der Waals surface area contributed by atoms with Crippen molar-refractivity contribution in [3.05, 3.63) is 42.0 Å². The van der Waals surface area contributed by atoms with Crippen LogP contribution in [0.25, 0.3) is 0 Å². The number of benzene rings is 1. The summed E-state index contributed by atoms with van der Waals surface area (Å²) >= 11 is 0. The summed E-state index contributed by atoms with van der Waals surface area (Å²) in [5, 5.41) is 9.68. The standard InChI is InChI=1S/C13H18O/c1-4-6-11-7-8-13(14)12(9-11)10(3)5-2/h4,7-10,14H,1,5-6H2,2-3H3. The Morgan fingerprint density at radius 2 is 2.21 bits per heavy atom. The normalized spacial score (nSPS) is 12.4. The molecule has 0 saturated heterocycles. The Bertz CT molecular complexity index is 315. The molecule has 0 aromatic heterocycles. The summed E-state index contributed by atoms with van der Waals surface area (Å²) in [6, 6.07) is 5.80. The fraction of sp³-hybridized carbons (Fsp3) is 0.385. The fourth-order valence-electron chi connectivity index (χ4n) is 1.51. The highest BCUT2D eigenvalue weighted by Crippen LogP contribution is 2.28. The van der Waals surface area contributed by atoms with Gasteiger partial charge >= 0.3 is 0 Å². The molecule has 0 fully saturated rings. The monoisotopic (exact) mass is 190 g/mol. The summed E-state index contributed by atoms with van der Waals surface area (Å²) in [7, 11) is 0. The molecule has 0 aliphatic heterocycles. The first kappa shape index (κ1) is 10.8. The van der Waals surface area contributed by atoms with Gasteiger partial charge in [0.05, 0.1) is 0 Å². The van der Waals surface area contributed by atoms with Crippen molar-refractivity contribution in [1.29, 1.82) is 0 Å². The minimum absolute atomic E-state index is 0.409. The van der Waals surface area contributed by atoms with E-state index in [1.54, 1.807) is 6.07 Å². The molecule has 0 aliphatic carbocycles. The van der Waals surface area contributed by atoms with E-state index in [4.69, 9.17) is 0 Å². The lowest BCUT2D eigenvalue weighted by atomic mass is 9.95. The van der Waals surface area contributed by atoms with E-state index in [0.717, 1.165) is 18.4 Å². The quantitative estimate of drug-likeness (QED) is 0.719. The molecule has 1 nitrogen and oxygen atoms in total. The van der Waals surface area contributed by atoms with Crippen molar-refractivity contribution in [1.82, 2.24) is 0 Å². The van der Waals surface area contributed by atoms with Crippen LogP contribution >= 0.6 is 0 Å². The van der Waals surface area contributed by atoms with Gasteiger partial charge < -0.3 is 5.11 Å². The smallest absolute Gasteiger partial charge is 0.119 e. The van der Waals surface area contributed by atoms with E-state index in [1.165, 1.54) is 5.56 Å². The number of aromatic hydroxyl groups is 1. The third-order valence-electron chi connectivity index (χ3n) is 2.62. The van der Waals surface area contributed by atoms with Gasteiger partial charge in [0, 0.05) is 0 Å². The van der Waals surface area contributed by atoms with Crippen molar-refractivity contribution in [2.75, 3.05) is 0 Å². The predicted molar refractivity (Wildman–Crippen MR) is 60.7 cm³/mol. The number of phenolic OH excluding ortho intramolecular Hbond substituents is 1. The molecule has 0 heterocycles. The summed E-state index contributed by atoms with van der Waals surface area (Å²) in [5.74, 6) is 0.826. The zero-order valence-corrected chi connectivity index (χ0v) is 8.96. The maximum absolute atomic E-state index is 9.68. The molecule has 0 aliphatic rings. The second kappa shape index (κ2) is 4.85. The van der Waals surface area contributed by atoms with Crippen LogP contribution < -0.4 is 0 Å². The SMILES string of the molecule is C=CCc1ccc(O)c(C(C)CC)c1. The van der Waals surface area contributed by atoms with Crippen molar-refractivity contribution in [3.8, 4) is 5.75 Å². The van der Waals surface area contributed by atoms with E-state index in [0.29, 0.717) is 11.7 Å². The van der Waals surface area contributed by atoms with Crippen LogP contribution in [-0.4, -0.2) is 5.11 Å². The molecule has 0 amide bonds. The second-order valence-electron chi connectivity index (χ2n) is 3.70. The molecular weight excluding hydrogens is 172 g/mol. The highest BCUT2D eigenvalue weighted by atomic mass is 16.3. The van der Waals surface area contributed by atoms with Gasteiger partial charge in [0.15, 0.2) is 0 Å². The van der Waals surface area contributed by atoms with E-state index in [2.05, 4.69) is 26.5 Å². The molecule has 1 unspecified atom stereocenters. The van der Waals surface area contributed by atoms with Gasteiger partial charge in [-0.2, -0.15) is 0 Å². The average Bonchev–Trinajstić information content (AvgIpc) is 2.20. The minimum Gasteiger partial charge on any atom is -0.508 e. The third-order valence-corrected chi connectivity index (χ3v) is 2.62. The van der Waals surface area contributed by atoms with Gasteiger partial charge in [0.1, 0.15) is 5.75 Å². The number of allylic oxidation sites excluding steroid dienone is 1. The summed E-state index contributed by atoms with van der Waals surface area (Å²) in [6.45, 7) is 7.97. The van der Waals surface area contributed by atoms with Gasteiger partial charge in [-0.1, -0.05) is 32.1 Å². The van der Waals surface area contributed by atoms with Crippen LogP contribution in [0.15, 0.2) is 30.9 Å². The summed E-state index contributed by atoms with van der Waals surface area (Å²) in [4.78, 5) is 0. The van der Waals surface area contributed by atoms with Crippen LogP contribution in [0.2, 0.25) is 0 Å². The molecule has 0 bridgehead atoms.